The highest BCUT2D eigenvalue weighted by atomic mass is 16.5. The summed E-state index contributed by atoms with van der Waals surface area (Å²) in [5.74, 6) is 0.455. The zero-order chi connectivity index (χ0) is 18.2. The number of benzene rings is 3. The predicted octanol–water partition coefficient (Wildman–Crippen LogP) is 5.06. The van der Waals surface area contributed by atoms with Crippen molar-refractivity contribution in [3.05, 3.63) is 107 Å². The average molecular weight is 339 g/mol. The van der Waals surface area contributed by atoms with E-state index in [1.54, 1.807) is 30.3 Å². The van der Waals surface area contributed by atoms with E-state index in [0.717, 1.165) is 16.9 Å². The lowest BCUT2D eigenvalue weighted by Gasteiger charge is -2.06. The molecule has 0 N–H and O–H groups in total. The summed E-state index contributed by atoms with van der Waals surface area (Å²) in [5.41, 5.74) is 2.48. The Morgan fingerprint density at radius 3 is 2.12 bits per heavy atom. The Balaban J connectivity index is 1.70. The van der Waals surface area contributed by atoms with Crippen LogP contribution in [0.2, 0.25) is 0 Å². The SMILES string of the molecule is N#CC(=Cc1ccc(OCc2ccccc2)cc1)C(=O)c1ccccc1. The standard InChI is InChI=1S/C23H17NO2/c24-16-21(23(25)20-9-5-2-6-10-20)15-18-11-13-22(14-12-18)26-17-19-7-3-1-4-8-19/h1-15H,17H2. The molecule has 0 aliphatic rings. The first-order valence-corrected chi connectivity index (χ1v) is 8.24. The topological polar surface area (TPSA) is 50.1 Å². The molecule has 0 atom stereocenters. The molecular weight excluding hydrogens is 322 g/mol. The van der Waals surface area contributed by atoms with E-state index in [1.165, 1.54) is 0 Å². The lowest BCUT2D eigenvalue weighted by Crippen LogP contribution is -2.01. The molecule has 0 saturated heterocycles. The molecule has 0 aliphatic heterocycles. The number of rotatable bonds is 6. The molecule has 0 fully saturated rings. The Kier molecular flexibility index (Phi) is 5.59. The number of carbonyl (C=O) groups excluding carboxylic acids is 1. The van der Waals surface area contributed by atoms with E-state index in [-0.39, 0.29) is 11.4 Å². The first-order chi connectivity index (χ1) is 12.8. The third kappa shape index (κ3) is 4.46. The van der Waals surface area contributed by atoms with Gasteiger partial charge < -0.3 is 4.74 Å². The lowest BCUT2D eigenvalue weighted by molar-refractivity contribution is 0.104. The van der Waals surface area contributed by atoms with E-state index in [4.69, 9.17) is 4.74 Å². The van der Waals surface area contributed by atoms with Crippen molar-refractivity contribution in [2.24, 2.45) is 0 Å². The fourth-order valence-electron chi connectivity index (χ4n) is 2.46. The fraction of sp³-hybridized carbons (Fsp3) is 0.0435. The minimum Gasteiger partial charge on any atom is -0.489 e. The summed E-state index contributed by atoms with van der Waals surface area (Å²) in [7, 11) is 0. The van der Waals surface area contributed by atoms with E-state index in [1.807, 2.05) is 66.7 Å². The van der Waals surface area contributed by atoms with Crippen molar-refractivity contribution in [3.8, 4) is 11.8 Å². The number of ether oxygens (including phenoxy) is 1. The van der Waals surface area contributed by atoms with Crippen molar-refractivity contribution in [1.29, 1.82) is 5.26 Å². The molecule has 0 aromatic heterocycles. The molecule has 0 spiro atoms. The van der Waals surface area contributed by atoms with Gasteiger partial charge in [0.15, 0.2) is 0 Å². The van der Waals surface area contributed by atoms with E-state index >= 15 is 0 Å². The van der Waals surface area contributed by atoms with Gasteiger partial charge in [-0.1, -0.05) is 72.8 Å². The molecule has 3 aromatic rings. The van der Waals surface area contributed by atoms with Crippen LogP contribution >= 0.6 is 0 Å². The summed E-state index contributed by atoms with van der Waals surface area (Å²) < 4.78 is 5.74. The Morgan fingerprint density at radius 1 is 0.885 bits per heavy atom. The molecule has 0 unspecified atom stereocenters. The van der Waals surface area contributed by atoms with Gasteiger partial charge in [-0.2, -0.15) is 5.26 Å². The third-order valence-electron chi connectivity index (χ3n) is 3.84. The molecule has 3 rings (SSSR count). The van der Waals surface area contributed by atoms with Crippen molar-refractivity contribution in [2.45, 2.75) is 6.61 Å². The van der Waals surface area contributed by atoms with Crippen LogP contribution < -0.4 is 4.74 Å². The van der Waals surface area contributed by atoms with Gasteiger partial charge >= 0.3 is 0 Å². The number of hydrogen-bond acceptors (Lipinski definition) is 3. The normalized spacial score (nSPS) is 10.8. The van der Waals surface area contributed by atoms with Crippen molar-refractivity contribution >= 4 is 11.9 Å². The van der Waals surface area contributed by atoms with Crippen LogP contribution in [0.1, 0.15) is 21.5 Å². The maximum Gasteiger partial charge on any atom is 0.203 e. The molecule has 3 heteroatoms. The van der Waals surface area contributed by atoms with E-state index in [2.05, 4.69) is 0 Å². The molecular formula is C23H17NO2. The van der Waals surface area contributed by atoms with E-state index in [9.17, 15) is 10.1 Å². The zero-order valence-corrected chi connectivity index (χ0v) is 14.1. The molecule has 0 saturated carbocycles. The van der Waals surface area contributed by atoms with E-state index in [0.29, 0.717) is 12.2 Å². The summed E-state index contributed by atoms with van der Waals surface area (Å²) in [4.78, 5) is 12.4. The number of hydrogen-bond donors (Lipinski definition) is 0. The second-order valence-corrected chi connectivity index (χ2v) is 5.71. The van der Waals surface area contributed by atoms with Crippen LogP contribution in [0.4, 0.5) is 0 Å². The highest BCUT2D eigenvalue weighted by molar-refractivity contribution is 6.14. The van der Waals surface area contributed by atoms with Crippen LogP contribution in [0, 0.1) is 11.3 Å². The van der Waals surface area contributed by atoms with Crippen molar-refractivity contribution in [3.63, 3.8) is 0 Å². The third-order valence-corrected chi connectivity index (χ3v) is 3.84. The average Bonchev–Trinajstić information content (AvgIpc) is 2.72. The van der Waals surface area contributed by atoms with Gasteiger partial charge in [0.25, 0.3) is 0 Å². The summed E-state index contributed by atoms with van der Waals surface area (Å²) in [6.07, 6.45) is 1.59. The van der Waals surface area contributed by atoms with Gasteiger partial charge in [-0.25, -0.2) is 0 Å². The second-order valence-electron chi connectivity index (χ2n) is 5.71. The number of Topliss-reactive ketones (excluding diaryl/α,β-unsaturated/α-hetero) is 1. The van der Waals surface area contributed by atoms with E-state index < -0.39 is 0 Å². The van der Waals surface area contributed by atoms with Crippen LogP contribution in [0.15, 0.2) is 90.5 Å². The number of nitriles is 1. The van der Waals surface area contributed by atoms with Gasteiger partial charge in [0, 0.05) is 5.56 Å². The quantitative estimate of drug-likeness (QED) is 0.358. The molecule has 126 valence electrons. The summed E-state index contributed by atoms with van der Waals surface area (Å²) in [6, 6.07) is 28.0. The van der Waals surface area contributed by atoms with Gasteiger partial charge in [-0.05, 0) is 29.3 Å². The first kappa shape index (κ1) is 17.2. The number of carbonyl (C=O) groups is 1. The van der Waals surface area contributed by atoms with Crippen LogP contribution in [0.3, 0.4) is 0 Å². The summed E-state index contributed by atoms with van der Waals surface area (Å²) in [5, 5.41) is 9.32. The molecule has 3 nitrogen and oxygen atoms in total. The molecule has 0 bridgehead atoms. The fourth-order valence-corrected chi connectivity index (χ4v) is 2.46. The highest BCUT2D eigenvalue weighted by Crippen LogP contribution is 2.17. The van der Waals surface area contributed by atoms with Crippen molar-refractivity contribution in [1.82, 2.24) is 0 Å². The Labute approximate surface area is 152 Å². The largest absolute Gasteiger partial charge is 0.489 e. The molecule has 26 heavy (non-hydrogen) atoms. The minimum atomic E-state index is -0.280. The first-order valence-electron chi connectivity index (χ1n) is 8.24. The molecule has 0 aliphatic carbocycles. The lowest BCUT2D eigenvalue weighted by atomic mass is 10.0. The highest BCUT2D eigenvalue weighted by Gasteiger charge is 2.11. The molecule has 0 heterocycles. The summed E-state index contributed by atoms with van der Waals surface area (Å²) >= 11 is 0. The van der Waals surface area contributed by atoms with Crippen molar-refractivity contribution in [2.75, 3.05) is 0 Å². The Hall–Kier alpha value is -3.64. The van der Waals surface area contributed by atoms with Gasteiger partial charge in [0.1, 0.15) is 24.0 Å². The van der Waals surface area contributed by atoms with Gasteiger partial charge in [0.2, 0.25) is 5.78 Å². The number of allylic oxidation sites excluding steroid dienone is 1. The number of ketones is 1. The minimum absolute atomic E-state index is 0.106. The van der Waals surface area contributed by atoms with Crippen LogP contribution in [-0.4, -0.2) is 5.78 Å². The zero-order valence-electron chi connectivity index (χ0n) is 14.1. The van der Waals surface area contributed by atoms with Crippen LogP contribution in [0.25, 0.3) is 6.08 Å². The van der Waals surface area contributed by atoms with Gasteiger partial charge in [-0.3, -0.25) is 4.79 Å². The Bertz CT molecular complexity index is 937. The molecule has 3 aromatic carbocycles. The van der Waals surface area contributed by atoms with Crippen LogP contribution in [0.5, 0.6) is 5.75 Å². The maximum atomic E-state index is 12.4. The summed E-state index contributed by atoms with van der Waals surface area (Å²) in [6.45, 7) is 0.492. The monoisotopic (exact) mass is 339 g/mol. The van der Waals surface area contributed by atoms with Crippen LogP contribution in [-0.2, 0) is 6.61 Å². The predicted molar refractivity (Wildman–Crippen MR) is 102 cm³/mol. The molecule has 0 radical (unpaired) electrons. The van der Waals surface area contributed by atoms with Gasteiger partial charge in [0.05, 0.1) is 0 Å². The molecule has 0 amide bonds. The maximum absolute atomic E-state index is 12.4. The smallest absolute Gasteiger partial charge is 0.203 e. The Morgan fingerprint density at radius 2 is 1.50 bits per heavy atom. The van der Waals surface area contributed by atoms with Crippen molar-refractivity contribution < 1.29 is 9.53 Å². The second kappa shape index (κ2) is 8.46. The van der Waals surface area contributed by atoms with Gasteiger partial charge in [-0.15, -0.1) is 0 Å². The number of nitrogens with zero attached hydrogens (tertiary/aromatic N) is 1.